The smallest absolute Gasteiger partial charge is 0.155 e. The third-order valence-electron chi connectivity index (χ3n) is 4.83. The number of aromatic amines is 1. The molecular formula is C24H24N6O2. The summed E-state index contributed by atoms with van der Waals surface area (Å²) in [6.45, 7) is 2.32. The lowest BCUT2D eigenvalue weighted by Crippen LogP contribution is -2.00. The zero-order valence-corrected chi connectivity index (χ0v) is 17.7. The van der Waals surface area contributed by atoms with Crippen LogP contribution in [0.5, 0.6) is 5.75 Å². The summed E-state index contributed by atoms with van der Waals surface area (Å²) in [6, 6.07) is 10.8. The molecule has 0 saturated heterocycles. The molecule has 0 radical (unpaired) electrons. The molecule has 4 rings (SSSR count). The van der Waals surface area contributed by atoms with E-state index in [1.165, 1.54) is 6.33 Å². The van der Waals surface area contributed by atoms with E-state index in [2.05, 4.69) is 28.1 Å². The van der Waals surface area contributed by atoms with E-state index in [0.717, 1.165) is 30.3 Å². The summed E-state index contributed by atoms with van der Waals surface area (Å²) in [4.78, 5) is 23.2. The van der Waals surface area contributed by atoms with Crippen LogP contribution in [0.15, 0.2) is 67.2 Å². The van der Waals surface area contributed by atoms with Crippen LogP contribution in [-0.2, 0) is 6.61 Å². The second-order valence-electron chi connectivity index (χ2n) is 7.21. The van der Waals surface area contributed by atoms with E-state index < -0.39 is 0 Å². The lowest BCUT2D eigenvalue weighted by Gasteiger charge is -2.04. The van der Waals surface area contributed by atoms with Crippen LogP contribution >= 0.6 is 0 Å². The Morgan fingerprint density at radius 3 is 3.03 bits per heavy atom. The highest BCUT2D eigenvalue weighted by Gasteiger charge is 2.16. The summed E-state index contributed by atoms with van der Waals surface area (Å²) >= 11 is 0. The number of unbranched alkanes of at least 4 members (excludes halogenated alkanes) is 1. The van der Waals surface area contributed by atoms with Crippen LogP contribution in [0.4, 0.5) is 0 Å². The molecule has 0 unspecified atom stereocenters. The van der Waals surface area contributed by atoms with E-state index in [4.69, 9.17) is 15.5 Å². The first-order valence-electron chi connectivity index (χ1n) is 10.4. The average Bonchev–Trinajstić information content (AvgIpc) is 3.47. The van der Waals surface area contributed by atoms with Crippen molar-refractivity contribution in [3.63, 3.8) is 0 Å². The zero-order valence-electron chi connectivity index (χ0n) is 17.7. The minimum absolute atomic E-state index is 0.194. The maximum absolute atomic E-state index is 11.0. The van der Waals surface area contributed by atoms with Gasteiger partial charge in [-0.2, -0.15) is 5.10 Å². The number of nitrogens with one attached hydrogen (secondary N) is 1. The Morgan fingerprint density at radius 2 is 2.19 bits per heavy atom. The van der Waals surface area contributed by atoms with Crippen molar-refractivity contribution >= 4 is 17.6 Å². The first-order chi connectivity index (χ1) is 15.7. The van der Waals surface area contributed by atoms with Crippen LogP contribution in [0.25, 0.3) is 22.6 Å². The van der Waals surface area contributed by atoms with E-state index >= 15 is 0 Å². The zero-order chi connectivity index (χ0) is 22.3. The van der Waals surface area contributed by atoms with Crippen LogP contribution in [-0.4, -0.2) is 30.9 Å². The normalized spacial score (nSPS) is 12.0. The van der Waals surface area contributed by atoms with Gasteiger partial charge in [-0.25, -0.2) is 14.5 Å². The topological polar surface area (TPSA) is 111 Å². The number of carbonyl (C=O) groups is 1. The van der Waals surface area contributed by atoms with Crippen LogP contribution in [0, 0.1) is 0 Å². The molecule has 0 spiro atoms. The summed E-state index contributed by atoms with van der Waals surface area (Å²) in [5, 5.41) is 4.21. The molecule has 1 aromatic carbocycles. The minimum atomic E-state index is 0.194. The molecule has 0 aliphatic rings. The summed E-state index contributed by atoms with van der Waals surface area (Å²) in [7, 11) is 0. The van der Waals surface area contributed by atoms with E-state index in [1.54, 1.807) is 28.8 Å². The van der Waals surface area contributed by atoms with Gasteiger partial charge in [0.05, 0.1) is 17.1 Å². The van der Waals surface area contributed by atoms with Crippen molar-refractivity contribution in [2.24, 2.45) is 5.73 Å². The Morgan fingerprint density at radius 1 is 1.28 bits per heavy atom. The predicted octanol–water partition coefficient (Wildman–Crippen LogP) is 4.17. The molecule has 0 saturated carbocycles. The fourth-order valence-electron chi connectivity index (χ4n) is 3.21. The molecule has 8 nitrogen and oxygen atoms in total. The highest BCUT2D eigenvalue weighted by molar-refractivity contribution is 5.77. The van der Waals surface area contributed by atoms with Crippen molar-refractivity contribution in [1.82, 2.24) is 24.6 Å². The fraction of sp³-hybridized carbons (Fsp3) is 0.167. The number of pyridine rings is 1. The monoisotopic (exact) mass is 428 g/mol. The molecule has 32 heavy (non-hydrogen) atoms. The van der Waals surface area contributed by atoms with Crippen molar-refractivity contribution in [3.05, 3.63) is 84.2 Å². The third-order valence-corrected chi connectivity index (χ3v) is 4.83. The number of imidazole rings is 1. The third kappa shape index (κ3) is 4.75. The number of nitrogens with zero attached hydrogens (tertiary/aromatic N) is 4. The van der Waals surface area contributed by atoms with Gasteiger partial charge in [-0.05, 0) is 36.8 Å². The molecule has 0 atom stereocenters. The van der Waals surface area contributed by atoms with E-state index in [-0.39, 0.29) is 6.61 Å². The number of aldehydes is 1. The van der Waals surface area contributed by atoms with E-state index in [0.29, 0.717) is 34.2 Å². The molecule has 0 amide bonds. The maximum atomic E-state index is 11.0. The number of H-pyrrole nitrogens is 1. The molecule has 4 aromatic rings. The Kier molecular flexibility index (Phi) is 6.41. The van der Waals surface area contributed by atoms with Crippen molar-refractivity contribution in [1.29, 1.82) is 0 Å². The molecule has 0 bridgehead atoms. The number of nitrogens with two attached hydrogens (primary N) is 1. The molecular weight excluding hydrogens is 404 g/mol. The highest BCUT2D eigenvalue weighted by Crippen LogP contribution is 2.26. The number of hydrogen-bond donors (Lipinski definition) is 2. The van der Waals surface area contributed by atoms with Crippen molar-refractivity contribution in [3.8, 4) is 17.0 Å². The number of ether oxygens (including phenoxy) is 1. The highest BCUT2D eigenvalue weighted by atomic mass is 16.5. The second-order valence-corrected chi connectivity index (χ2v) is 7.21. The fourth-order valence-corrected chi connectivity index (χ4v) is 3.21. The Hall–Kier alpha value is -4.20. The maximum Gasteiger partial charge on any atom is 0.155 e. The number of allylic oxidation sites excluding steroid dienone is 3. The first-order valence-corrected chi connectivity index (χ1v) is 10.4. The van der Waals surface area contributed by atoms with E-state index in [9.17, 15) is 4.79 Å². The van der Waals surface area contributed by atoms with Gasteiger partial charge >= 0.3 is 0 Å². The number of rotatable bonds is 9. The number of fused-ring (bicyclic) bond motifs is 1. The predicted molar refractivity (Wildman–Crippen MR) is 123 cm³/mol. The molecule has 0 fully saturated rings. The lowest BCUT2D eigenvalue weighted by atomic mass is 10.1. The van der Waals surface area contributed by atoms with Gasteiger partial charge in [0.2, 0.25) is 0 Å². The summed E-state index contributed by atoms with van der Waals surface area (Å²) < 4.78 is 7.53. The minimum Gasteiger partial charge on any atom is -0.486 e. The molecule has 0 aliphatic carbocycles. The van der Waals surface area contributed by atoms with Crippen LogP contribution < -0.4 is 10.5 Å². The Labute approximate surface area is 185 Å². The SMILES string of the molecule is CCC/C=C\C=C(/N)c1[nH]c(COc2cccc(C=O)c2)nc1-c1ccc2ncnn2c1. The summed E-state index contributed by atoms with van der Waals surface area (Å²) in [5.41, 5.74) is 10.5. The van der Waals surface area contributed by atoms with Crippen LogP contribution in [0.1, 0.15) is 41.6 Å². The number of hydrogen-bond acceptors (Lipinski definition) is 6. The molecule has 3 N–H and O–H groups in total. The van der Waals surface area contributed by atoms with Gasteiger partial charge in [0, 0.05) is 17.3 Å². The van der Waals surface area contributed by atoms with Gasteiger partial charge in [0.15, 0.2) is 5.65 Å². The van der Waals surface area contributed by atoms with Gasteiger partial charge in [-0.1, -0.05) is 37.6 Å². The lowest BCUT2D eigenvalue weighted by molar-refractivity contribution is 0.112. The van der Waals surface area contributed by atoms with Crippen molar-refractivity contribution in [2.75, 3.05) is 0 Å². The van der Waals surface area contributed by atoms with Crippen LogP contribution in [0.3, 0.4) is 0 Å². The molecule has 0 aliphatic heterocycles. The first kappa shape index (κ1) is 21.0. The molecule has 8 heteroatoms. The van der Waals surface area contributed by atoms with Gasteiger partial charge in [-0.15, -0.1) is 0 Å². The van der Waals surface area contributed by atoms with Crippen LogP contribution in [0.2, 0.25) is 0 Å². The Balaban J connectivity index is 1.66. The summed E-state index contributed by atoms with van der Waals surface area (Å²) in [5.74, 6) is 1.20. The average molecular weight is 428 g/mol. The van der Waals surface area contributed by atoms with Crippen molar-refractivity contribution in [2.45, 2.75) is 26.4 Å². The number of carbonyl (C=O) groups excluding carboxylic acids is 1. The second kappa shape index (κ2) is 9.74. The largest absolute Gasteiger partial charge is 0.486 e. The molecule has 3 heterocycles. The van der Waals surface area contributed by atoms with Gasteiger partial charge < -0.3 is 15.5 Å². The number of benzene rings is 1. The van der Waals surface area contributed by atoms with Crippen molar-refractivity contribution < 1.29 is 9.53 Å². The van der Waals surface area contributed by atoms with Gasteiger partial charge in [-0.3, -0.25) is 4.79 Å². The quantitative estimate of drug-likeness (QED) is 0.306. The van der Waals surface area contributed by atoms with Gasteiger partial charge in [0.25, 0.3) is 0 Å². The Bertz CT molecular complexity index is 1280. The number of aromatic nitrogens is 5. The summed E-state index contributed by atoms with van der Waals surface area (Å²) in [6.07, 6.45) is 12.1. The molecule has 162 valence electrons. The standard InChI is InChI=1S/C24H24N6O2/c1-2-3-4-5-9-20(25)24-23(18-10-11-22-26-16-27-30(22)13-18)28-21(29-24)15-32-19-8-6-7-17(12-19)14-31/h4-14,16H,2-3,15,25H2,1H3,(H,28,29)/b5-4-,20-9-. The molecule has 3 aromatic heterocycles. The van der Waals surface area contributed by atoms with E-state index in [1.807, 2.05) is 30.5 Å². The van der Waals surface area contributed by atoms with Gasteiger partial charge in [0.1, 0.15) is 30.8 Å².